The lowest BCUT2D eigenvalue weighted by atomic mass is 10.1. The lowest BCUT2D eigenvalue weighted by Gasteiger charge is -2.05. The molecule has 1 heterocycles. The van der Waals surface area contributed by atoms with Gasteiger partial charge in [-0.15, -0.1) is 0 Å². The lowest BCUT2D eigenvalue weighted by molar-refractivity contribution is -0.134. The first kappa shape index (κ1) is 11.6. The molecule has 3 heteroatoms. The largest absolute Gasteiger partial charge is 0.426 e. The molecule has 1 aromatic carbocycles. The van der Waals surface area contributed by atoms with Gasteiger partial charge in [-0.1, -0.05) is 30.3 Å². The molecular formula is C14H12O2S. The van der Waals surface area contributed by atoms with Gasteiger partial charge in [-0.3, -0.25) is 4.79 Å². The standard InChI is InChI=1S/C14H12O2S/c1-11(15)16-14(13-7-8-17-10-13)9-12-5-3-2-4-6-12/h2-10H,1H3. The maximum Gasteiger partial charge on any atom is 0.308 e. The van der Waals surface area contributed by atoms with Crippen LogP contribution in [0.25, 0.3) is 11.8 Å². The average Bonchev–Trinajstić information content (AvgIpc) is 2.82. The number of hydrogen-bond acceptors (Lipinski definition) is 3. The molecule has 0 N–H and O–H groups in total. The van der Waals surface area contributed by atoms with Crippen LogP contribution in [-0.2, 0) is 9.53 Å². The Kier molecular flexibility index (Phi) is 3.73. The van der Waals surface area contributed by atoms with Gasteiger partial charge in [0.15, 0.2) is 0 Å². The Balaban J connectivity index is 2.34. The van der Waals surface area contributed by atoms with Crippen LogP contribution in [-0.4, -0.2) is 5.97 Å². The maximum atomic E-state index is 11.1. The number of hydrogen-bond donors (Lipinski definition) is 0. The predicted octanol–water partition coefficient (Wildman–Crippen LogP) is 3.81. The van der Waals surface area contributed by atoms with Crippen LogP contribution in [0, 0.1) is 0 Å². The lowest BCUT2D eigenvalue weighted by Crippen LogP contribution is -1.97. The highest BCUT2D eigenvalue weighted by atomic mass is 32.1. The van der Waals surface area contributed by atoms with Crippen molar-refractivity contribution in [2.75, 3.05) is 0 Å². The zero-order chi connectivity index (χ0) is 12.1. The van der Waals surface area contributed by atoms with Crippen molar-refractivity contribution in [3.8, 4) is 0 Å². The third-order valence-electron chi connectivity index (χ3n) is 2.16. The Morgan fingerprint density at radius 2 is 2.00 bits per heavy atom. The molecule has 0 aliphatic heterocycles. The fourth-order valence-corrected chi connectivity index (χ4v) is 2.08. The predicted molar refractivity (Wildman–Crippen MR) is 70.4 cm³/mol. The van der Waals surface area contributed by atoms with Gasteiger partial charge in [0.05, 0.1) is 0 Å². The number of ether oxygens (including phenoxy) is 1. The molecule has 0 atom stereocenters. The smallest absolute Gasteiger partial charge is 0.308 e. The van der Waals surface area contributed by atoms with Crippen molar-refractivity contribution >= 4 is 29.1 Å². The summed E-state index contributed by atoms with van der Waals surface area (Å²) in [6, 6.07) is 11.7. The van der Waals surface area contributed by atoms with Crippen LogP contribution in [0.1, 0.15) is 18.1 Å². The molecule has 0 saturated heterocycles. The van der Waals surface area contributed by atoms with Gasteiger partial charge in [0, 0.05) is 17.9 Å². The van der Waals surface area contributed by atoms with E-state index in [9.17, 15) is 4.79 Å². The number of rotatable bonds is 3. The topological polar surface area (TPSA) is 26.3 Å². The minimum atomic E-state index is -0.307. The molecule has 2 aromatic rings. The van der Waals surface area contributed by atoms with Crippen molar-refractivity contribution in [2.45, 2.75) is 6.92 Å². The number of carbonyl (C=O) groups excluding carboxylic acids is 1. The van der Waals surface area contributed by atoms with E-state index < -0.39 is 0 Å². The summed E-state index contributed by atoms with van der Waals surface area (Å²) in [6.07, 6.45) is 1.86. The minimum absolute atomic E-state index is 0.307. The average molecular weight is 244 g/mol. The number of benzene rings is 1. The summed E-state index contributed by atoms with van der Waals surface area (Å²) >= 11 is 1.57. The van der Waals surface area contributed by atoms with Gasteiger partial charge in [0.25, 0.3) is 0 Å². The van der Waals surface area contributed by atoms with Crippen molar-refractivity contribution in [3.63, 3.8) is 0 Å². The van der Waals surface area contributed by atoms with E-state index in [4.69, 9.17) is 4.74 Å². The molecular weight excluding hydrogens is 232 g/mol. The molecule has 86 valence electrons. The third-order valence-corrected chi connectivity index (χ3v) is 2.84. The molecule has 17 heavy (non-hydrogen) atoms. The summed E-state index contributed by atoms with van der Waals surface area (Å²) in [5.74, 6) is 0.281. The highest BCUT2D eigenvalue weighted by Gasteiger charge is 2.06. The molecule has 0 saturated carbocycles. The first-order valence-corrected chi connectivity index (χ1v) is 6.18. The number of carbonyl (C=O) groups is 1. The van der Waals surface area contributed by atoms with Crippen molar-refractivity contribution in [3.05, 3.63) is 58.3 Å². The molecule has 0 spiro atoms. The molecule has 0 fully saturated rings. The molecule has 0 aliphatic rings. The summed E-state index contributed by atoms with van der Waals surface area (Å²) in [5.41, 5.74) is 1.93. The Labute approximate surface area is 104 Å². The van der Waals surface area contributed by atoms with E-state index in [1.807, 2.05) is 53.2 Å². The Morgan fingerprint density at radius 3 is 2.59 bits per heavy atom. The second kappa shape index (κ2) is 5.46. The summed E-state index contributed by atoms with van der Waals surface area (Å²) in [4.78, 5) is 11.1. The summed E-state index contributed by atoms with van der Waals surface area (Å²) in [6.45, 7) is 1.41. The fraction of sp³-hybridized carbons (Fsp3) is 0.0714. The normalized spacial score (nSPS) is 11.2. The fourth-order valence-electron chi connectivity index (χ4n) is 1.43. The van der Waals surface area contributed by atoms with E-state index in [2.05, 4.69) is 0 Å². The van der Waals surface area contributed by atoms with Gasteiger partial charge in [-0.05, 0) is 23.1 Å². The maximum absolute atomic E-state index is 11.1. The molecule has 1 aromatic heterocycles. The van der Waals surface area contributed by atoms with Crippen LogP contribution in [0.15, 0.2) is 47.2 Å². The monoisotopic (exact) mass is 244 g/mol. The molecule has 0 radical (unpaired) electrons. The molecule has 0 aliphatic carbocycles. The zero-order valence-corrected chi connectivity index (χ0v) is 10.2. The van der Waals surface area contributed by atoms with Crippen LogP contribution < -0.4 is 0 Å². The highest BCUT2D eigenvalue weighted by Crippen LogP contribution is 2.22. The van der Waals surface area contributed by atoms with Gasteiger partial charge >= 0.3 is 5.97 Å². The van der Waals surface area contributed by atoms with E-state index in [-0.39, 0.29) is 5.97 Å². The molecule has 0 amide bonds. The van der Waals surface area contributed by atoms with Crippen LogP contribution in [0.3, 0.4) is 0 Å². The van der Waals surface area contributed by atoms with E-state index in [0.717, 1.165) is 11.1 Å². The van der Waals surface area contributed by atoms with Gasteiger partial charge in [0.1, 0.15) is 5.76 Å². The Hall–Kier alpha value is -1.87. The highest BCUT2D eigenvalue weighted by molar-refractivity contribution is 7.08. The number of thiophene rings is 1. The molecule has 0 bridgehead atoms. The van der Waals surface area contributed by atoms with E-state index in [0.29, 0.717) is 5.76 Å². The third kappa shape index (κ3) is 3.29. The van der Waals surface area contributed by atoms with E-state index >= 15 is 0 Å². The van der Waals surface area contributed by atoms with Crippen molar-refractivity contribution in [1.29, 1.82) is 0 Å². The quantitative estimate of drug-likeness (QED) is 0.606. The van der Waals surface area contributed by atoms with Gasteiger partial charge in [-0.2, -0.15) is 11.3 Å². The van der Waals surface area contributed by atoms with Crippen molar-refractivity contribution in [2.24, 2.45) is 0 Å². The first-order chi connectivity index (χ1) is 8.25. The van der Waals surface area contributed by atoms with Crippen LogP contribution in [0.2, 0.25) is 0 Å². The second-order valence-corrected chi connectivity index (χ2v) is 4.30. The Morgan fingerprint density at radius 1 is 1.24 bits per heavy atom. The van der Waals surface area contributed by atoms with E-state index in [1.54, 1.807) is 11.3 Å². The van der Waals surface area contributed by atoms with Gasteiger partial charge in [0.2, 0.25) is 0 Å². The van der Waals surface area contributed by atoms with Crippen molar-refractivity contribution in [1.82, 2.24) is 0 Å². The SMILES string of the molecule is CC(=O)OC(=Cc1ccccc1)c1ccsc1. The van der Waals surface area contributed by atoms with E-state index in [1.165, 1.54) is 6.92 Å². The van der Waals surface area contributed by atoms with Crippen molar-refractivity contribution < 1.29 is 9.53 Å². The summed E-state index contributed by atoms with van der Waals surface area (Å²) in [5, 5.41) is 3.91. The molecule has 2 nitrogen and oxygen atoms in total. The van der Waals surface area contributed by atoms with Crippen LogP contribution in [0.4, 0.5) is 0 Å². The minimum Gasteiger partial charge on any atom is -0.426 e. The first-order valence-electron chi connectivity index (χ1n) is 5.23. The molecule has 0 unspecified atom stereocenters. The number of esters is 1. The van der Waals surface area contributed by atoms with Gasteiger partial charge < -0.3 is 4.74 Å². The van der Waals surface area contributed by atoms with Gasteiger partial charge in [-0.25, -0.2) is 0 Å². The van der Waals surface area contributed by atoms with Crippen LogP contribution in [0.5, 0.6) is 0 Å². The van der Waals surface area contributed by atoms with Crippen LogP contribution >= 0.6 is 11.3 Å². The summed E-state index contributed by atoms with van der Waals surface area (Å²) in [7, 11) is 0. The Bertz CT molecular complexity index is 512. The summed E-state index contributed by atoms with van der Waals surface area (Å²) < 4.78 is 5.23. The zero-order valence-electron chi connectivity index (χ0n) is 9.42. The molecule has 2 rings (SSSR count). The second-order valence-electron chi connectivity index (χ2n) is 3.52.